The van der Waals surface area contributed by atoms with Crippen molar-refractivity contribution in [2.24, 2.45) is 4.99 Å². The van der Waals surface area contributed by atoms with Gasteiger partial charge in [-0.2, -0.15) is 0 Å². The first-order valence-electron chi connectivity index (χ1n) is 10.8. The maximum atomic E-state index is 5.74. The van der Waals surface area contributed by atoms with Crippen molar-refractivity contribution in [2.45, 2.75) is 37.8 Å². The number of aliphatic imine (C=N–C) groups is 1. The lowest BCUT2D eigenvalue weighted by Crippen LogP contribution is -2.45. The molecular formula is C22H33N5OS. The van der Waals surface area contributed by atoms with Crippen LogP contribution in [0.1, 0.15) is 48.4 Å². The van der Waals surface area contributed by atoms with Crippen molar-refractivity contribution in [3.8, 4) is 0 Å². The molecule has 0 aliphatic carbocycles. The zero-order valence-corrected chi connectivity index (χ0v) is 18.2. The van der Waals surface area contributed by atoms with E-state index in [2.05, 4.69) is 49.0 Å². The third-order valence-corrected chi connectivity index (χ3v) is 7.03. The molecule has 0 spiro atoms. The fourth-order valence-electron chi connectivity index (χ4n) is 4.49. The largest absolute Gasteiger partial charge is 0.468 e. The molecule has 2 aromatic rings. The number of furan rings is 1. The van der Waals surface area contributed by atoms with E-state index in [1.165, 1.54) is 43.6 Å². The highest BCUT2D eigenvalue weighted by Crippen LogP contribution is 2.28. The molecule has 2 unspecified atom stereocenters. The maximum absolute atomic E-state index is 5.74. The first-order chi connectivity index (χ1) is 14.3. The lowest BCUT2D eigenvalue weighted by molar-refractivity contribution is 0.215. The van der Waals surface area contributed by atoms with Crippen LogP contribution in [-0.4, -0.2) is 62.1 Å². The van der Waals surface area contributed by atoms with Crippen LogP contribution in [0.15, 0.2) is 45.3 Å². The van der Waals surface area contributed by atoms with Crippen LogP contribution in [0.3, 0.4) is 0 Å². The van der Waals surface area contributed by atoms with E-state index in [1.54, 1.807) is 6.26 Å². The first kappa shape index (κ1) is 20.4. The van der Waals surface area contributed by atoms with Gasteiger partial charge in [0.05, 0.1) is 18.3 Å². The van der Waals surface area contributed by atoms with Gasteiger partial charge in [-0.1, -0.05) is 6.07 Å². The Labute approximate surface area is 178 Å². The van der Waals surface area contributed by atoms with Crippen LogP contribution in [0.2, 0.25) is 0 Å². The summed E-state index contributed by atoms with van der Waals surface area (Å²) in [5.41, 5.74) is 0. The number of thiophene rings is 1. The summed E-state index contributed by atoms with van der Waals surface area (Å²) in [6, 6.07) is 9.13. The summed E-state index contributed by atoms with van der Waals surface area (Å²) in [6.45, 7) is 6.30. The van der Waals surface area contributed by atoms with E-state index >= 15 is 0 Å². The minimum atomic E-state index is 0.248. The molecule has 2 aromatic heterocycles. The highest BCUT2D eigenvalue weighted by molar-refractivity contribution is 7.10. The molecule has 0 aromatic carbocycles. The predicted molar refractivity (Wildman–Crippen MR) is 119 cm³/mol. The van der Waals surface area contributed by atoms with Gasteiger partial charge < -0.3 is 15.1 Å². The number of nitrogens with zero attached hydrogens (tertiary/aromatic N) is 3. The fourth-order valence-corrected chi connectivity index (χ4v) is 5.36. The smallest absolute Gasteiger partial charge is 0.191 e. The molecule has 0 saturated carbocycles. The van der Waals surface area contributed by atoms with Crippen molar-refractivity contribution in [1.82, 2.24) is 20.4 Å². The van der Waals surface area contributed by atoms with Gasteiger partial charge in [-0.15, -0.1) is 11.3 Å². The second-order valence-corrected chi connectivity index (χ2v) is 8.86. The maximum Gasteiger partial charge on any atom is 0.191 e. The number of guanidine groups is 1. The number of hydrogen-bond donors (Lipinski definition) is 2. The third kappa shape index (κ3) is 5.21. The predicted octanol–water partition coefficient (Wildman–Crippen LogP) is 3.48. The van der Waals surface area contributed by atoms with Gasteiger partial charge >= 0.3 is 0 Å². The summed E-state index contributed by atoms with van der Waals surface area (Å²) in [4.78, 5) is 11.0. The second-order valence-electron chi connectivity index (χ2n) is 7.88. The Bertz CT molecular complexity index is 673. The number of rotatable bonds is 8. The van der Waals surface area contributed by atoms with Gasteiger partial charge in [0.1, 0.15) is 5.76 Å². The van der Waals surface area contributed by atoms with Crippen LogP contribution in [0, 0.1) is 0 Å². The lowest BCUT2D eigenvalue weighted by Gasteiger charge is -2.29. The summed E-state index contributed by atoms with van der Waals surface area (Å²) < 4.78 is 5.74. The zero-order valence-electron chi connectivity index (χ0n) is 17.3. The minimum absolute atomic E-state index is 0.248. The van der Waals surface area contributed by atoms with Crippen LogP contribution < -0.4 is 10.6 Å². The molecule has 158 valence electrons. The van der Waals surface area contributed by atoms with Gasteiger partial charge in [0.25, 0.3) is 0 Å². The van der Waals surface area contributed by atoms with E-state index in [9.17, 15) is 0 Å². The molecule has 0 radical (unpaired) electrons. The quantitative estimate of drug-likeness (QED) is 0.511. The van der Waals surface area contributed by atoms with E-state index in [-0.39, 0.29) is 6.04 Å². The Morgan fingerprint density at radius 2 is 1.66 bits per heavy atom. The van der Waals surface area contributed by atoms with Crippen LogP contribution in [0.4, 0.5) is 0 Å². The van der Waals surface area contributed by atoms with Crippen molar-refractivity contribution in [3.63, 3.8) is 0 Å². The summed E-state index contributed by atoms with van der Waals surface area (Å²) in [6.07, 6.45) is 6.91. The molecule has 2 atom stereocenters. The molecule has 4 rings (SSSR count). The summed E-state index contributed by atoms with van der Waals surface area (Å²) >= 11 is 1.85. The third-order valence-electron chi connectivity index (χ3n) is 6.06. The zero-order chi connectivity index (χ0) is 19.9. The molecule has 29 heavy (non-hydrogen) atoms. The number of hydrogen-bond acceptors (Lipinski definition) is 5. The molecule has 6 nitrogen and oxygen atoms in total. The molecule has 2 aliphatic rings. The SMILES string of the molecule is CN=C(NCC(c1ccco1)N1CCCC1)NCC(c1cccs1)N1CCCC1. The average molecular weight is 416 g/mol. The van der Waals surface area contributed by atoms with Crippen molar-refractivity contribution in [2.75, 3.05) is 46.3 Å². The van der Waals surface area contributed by atoms with Crippen LogP contribution >= 0.6 is 11.3 Å². The molecule has 7 heteroatoms. The standard InChI is InChI=1S/C22H33N5OS/c1-23-22(24-16-18(20-8-6-14-28-20)26-10-2-3-11-26)25-17-19(21-9-7-15-29-21)27-12-4-5-13-27/h6-9,14-15,18-19H,2-5,10-13,16-17H2,1H3,(H2,23,24,25). The minimum Gasteiger partial charge on any atom is -0.468 e. The highest BCUT2D eigenvalue weighted by atomic mass is 32.1. The van der Waals surface area contributed by atoms with E-state index < -0.39 is 0 Å². The van der Waals surface area contributed by atoms with Crippen molar-refractivity contribution in [1.29, 1.82) is 0 Å². The number of nitrogens with one attached hydrogen (secondary N) is 2. The highest BCUT2D eigenvalue weighted by Gasteiger charge is 2.27. The fraction of sp³-hybridized carbons (Fsp3) is 0.591. The molecule has 2 aliphatic heterocycles. The average Bonchev–Trinajstić information content (AvgIpc) is 3.55. The Balaban J connectivity index is 1.35. The molecule has 2 saturated heterocycles. The van der Waals surface area contributed by atoms with Crippen molar-refractivity contribution in [3.05, 3.63) is 46.5 Å². The van der Waals surface area contributed by atoms with Gasteiger partial charge in [-0.3, -0.25) is 14.8 Å². The Kier molecular flexibility index (Phi) is 7.24. The Hall–Kier alpha value is -1.83. The van der Waals surface area contributed by atoms with E-state index in [0.29, 0.717) is 6.04 Å². The molecule has 2 fully saturated rings. The Morgan fingerprint density at radius 3 is 2.21 bits per heavy atom. The number of likely N-dealkylation sites (tertiary alicyclic amines) is 2. The normalized spacial score (nSPS) is 20.8. The van der Waals surface area contributed by atoms with E-state index in [4.69, 9.17) is 4.42 Å². The molecular weight excluding hydrogens is 382 g/mol. The van der Waals surface area contributed by atoms with Crippen LogP contribution in [0.25, 0.3) is 0 Å². The Morgan fingerprint density at radius 1 is 1.00 bits per heavy atom. The molecule has 0 amide bonds. The van der Waals surface area contributed by atoms with Gasteiger partial charge in [-0.25, -0.2) is 0 Å². The van der Waals surface area contributed by atoms with Gasteiger partial charge in [0, 0.05) is 25.0 Å². The monoisotopic (exact) mass is 415 g/mol. The van der Waals surface area contributed by atoms with Crippen molar-refractivity contribution >= 4 is 17.3 Å². The van der Waals surface area contributed by atoms with Gasteiger partial charge in [0.2, 0.25) is 0 Å². The lowest BCUT2D eigenvalue weighted by atomic mass is 10.2. The van der Waals surface area contributed by atoms with E-state index in [0.717, 1.165) is 37.9 Å². The summed E-state index contributed by atoms with van der Waals surface area (Å²) in [5.74, 6) is 1.89. The topological polar surface area (TPSA) is 56.0 Å². The summed E-state index contributed by atoms with van der Waals surface area (Å²) in [7, 11) is 1.85. The van der Waals surface area contributed by atoms with Gasteiger partial charge in [0.15, 0.2) is 5.96 Å². The van der Waals surface area contributed by atoms with Crippen LogP contribution in [0.5, 0.6) is 0 Å². The van der Waals surface area contributed by atoms with Crippen molar-refractivity contribution < 1.29 is 4.42 Å². The second kappa shape index (κ2) is 10.3. The van der Waals surface area contributed by atoms with E-state index in [1.807, 2.05) is 24.5 Å². The summed E-state index contributed by atoms with van der Waals surface area (Å²) in [5, 5.41) is 9.30. The van der Waals surface area contributed by atoms with Gasteiger partial charge in [-0.05, 0) is 75.4 Å². The molecule has 4 heterocycles. The molecule has 0 bridgehead atoms. The first-order valence-corrected chi connectivity index (χ1v) is 11.7. The molecule has 2 N–H and O–H groups in total. The van der Waals surface area contributed by atoms with Crippen LogP contribution in [-0.2, 0) is 0 Å².